The van der Waals surface area contributed by atoms with E-state index in [9.17, 15) is 14.4 Å². The Balaban J connectivity index is 1.40. The molecule has 1 fully saturated rings. The van der Waals surface area contributed by atoms with Gasteiger partial charge in [0.1, 0.15) is 17.9 Å². The molecule has 7 nitrogen and oxygen atoms in total. The quantitative estimate of drug-likeness (QED) is 0.327. The van der Waals surface area contributed by atoms with Crippen molar-refractivity contribution in [2.24, 2.45) is 5.92 Å². The van der Waals surface area contributed by atoms with Crippen LogP contribution in [0.5, 0.6) is 5.75 Å². The van der Waals surface area contributed by atoms with Crippen molar-refractivity contribution in [1.82, 2.24) is 4.90 Å². The van der Waals surface area contributed by atoms with Gasteiger partial charge >= 0.3 is 17.7 Å². The number of piperidine rings is 1. The predicted octanol–water partition coefficient (Wildman–Crippen LogP) is 4.67. The maximum Gasteiger partial charge on any atom is 0.410 e. The molecule has 1 amide bonds. The Morgan fingerprint density at radius 2 is 1.73 bits per heavy atom. The average molecular weight is 450 g/mol. The number of hydrogen-bond donors (Lipinski definition) is 0. The van der Waals surface area contributed by atoms with E-state index in [1.807, 2.05) is 44.2 Å². The van der Waals surface area contributed by atoms with Gasteiger partial charge in [0.2, 0.25) is 0 Å². The lowest BCUT2D eigenvalue weighted by Crippen LogP contribution is -2.41. The lowest BCUT2D eigenvalue weighted by Gasteiger charge is -2.30. The van der Waals surface area contributed by atoms with Crippen molar-refractivity contribution < 1.29 is 23.5 Å². The first-order chi connectivity index (χ1) is 15.8. The summed E-state index contributed by atoms with van der Waals surface area (Å²) in [4.78, 5) is 39.0. The molecule has 0 bridgehead atoms. The number of carbonyl (C=O) groups is 2. The third kappa shape index (κ3) is 4.92. The molecule has 1 saturated heterocycles. The van der Waals surface area contributed by atoms with Gasteiger partial charge in [0.25, 0.3) is 0 Å². The standard InChI is InChI=1S/C26H27NO6/c1-16-13-21-23(17(2)18(3)24(28)32-21)22(14-16)33-25(29)20-9-11-27(12-10-20)26(30)31-15-19-7-5-4-6-8-19/h4-8,13-14,20H,9-12,15H2,1-3H3. The Labute approximate surface area is 191 Å². The predicted molar refractivity (Wildman–Crippen MR) is 123 cm³/mol. The average Bonchev–Trinajstić information content (AvgIpc) is 2.81. The number of aryl methyl sites for hydroxylation is 2. The van der Waals surface area contributed by atoms with Crippen LogP contribution >= 0.6 is 0 Å². The summed E-state index contributed by atoms with van der Waals surface area (Å²) in [6.45, 7) is 6.44. The van der Waals surface area contributed by atoms with Gasteiger partial charge in [-0.15, -0.1) is 0 Å². The van der Waals surface area contributed by atoms with Crippen molar-refractivity contribution in [3.63, 3.8) is 0 Å². The van der Waals surface area contributed by atoms with Crippen LogP contribution in [0.15, 0.2) is 51.7 Å². The van der Waals surface area contributed by atoms with Crippen molar-refractivity contribution in [3.8, 4) is 5.75 Å². The first kappa shape index (κ1) is 22.6. The van der Waals surface area contributed by atoms with Crippen LogP contribution in [0.25, 0.3) is 11.0 Å². The van der Waals surface area contributed by atoms with Gasteiger partial charge in [-0.1, -0.05) is 30.3 Å². The highest BCUT2D eigenvalue weighted by molar-refractivity contribution is 5.90. The molecule has 1 aliphatic heterocycles. The maximum atomic E-state index is 12.9. The summed E-state index contributed by atoms with van der Waals surface area (Å²) < 4.78 is 16.6. The lowest BCUT2D eigenvalue weighted by atomic mass is 9.97. The largest absolute Gasteiger partial charge is 0.445 e. The minimum Gasteiger partial charge on any atom is -0.445 e. The Kier molecular flexibility index (Phi) is 6.49. The number of ether oxygens (including phenoxy) is 2. The second kappa shape index (κ2) is 9.48. The number of hydrogen-bond acceptors (Lipinski definition) is 6. The van der Waals surface area contributed by atoms with Crippen molar-refractivity contribution in [1.29, 1.82) is 0 Å². The summed E-state index contributed by atoms with van der Waals surface area (Å²) in [6.07, 6.45) is 0.614. The van der Waals surface area contributed by atoms with Gasteiger partial charge in [0, 0.05) is 18.7 Å². The molecule has 0 radical (unpaired) electrons. The van der Waals surface area contributed by atoms with Gasteiger partial charge in [-0.2, -0.15) is 0 Å². The van der Waals surface area contributed by atoms with Crippen LogP contribution in [-0.4, -0.2) is 30.1 Å². The zero-order valence-electron chi connectivity index (χ0n) is 19.1. The van der Waals surface area contributed by atoms with Crippen LogP contribution < -0.4 is 10.4 Å². The number of amides is 1. The maximum absolute atomic E-state index is 12.9. The highest BCUT2D eigenvalue weighted by Crippen LogP contribution is 2.32. The second-order valence-corrected chi connectivity index (χ2v) is 8.50. The van der Waals surface area contributed by atoms with Gasteiger partial charge in [-0.3, -0.25) is 4.79 Å². The van der Waals surface area contributed by atoms with E-state index in [0.717, 1.165) is 16.7 Å². The SMILES string of the molecule is Cc1cc(OC(=O)C2CCN(C(=O)OCc3ccccc3)CC2)c2c(C)c(C)c(=O)oc2c1. The molecule has 0 spiro atoms. The molecule has 0 atom stereocenters. The van der Waals surface area contributed by atoms with E-state index in [1.165, 1.54) is 0 Å². The van der Waals surface area contributed by atoms with Crippen LogP contribution in [0.1, 0.15) is 35.1 Å². The molecule has 3 aromatic rings. The minimum absolute atomic E-state index is 0.219. The molecule has 33 heavy (non-hydrogen) atoms. The first-order valence-corrected chi connectivity index (χ1v) is 11.1. The van der Waals surface area contributed by atoms with E-state index in [4.69, 9.17) is 13.9 Å². The smallest absolute Gasteiger partial charge is 0.410 e. The summed E-state index contributed by atoms with van der Waals surface area (Å²) in [5.74, 6) is -0.276. The van der Waals surface area contributed by atoms with E-state index >= 15 is 0 Å². The van der Waals surface area contributed by atoms with Crippen molar-refractivity contribution in [3.05, 3.63) is 75.1 Å². The van der Waals surface area contributed by atoms with Crippen LogP contribution in [-0.2, 0) is 16.1 Å². The third-order valence-corrected chi connectivity index (χ3v) is 6.16. The van der Waals surface area contributed by atoms with Crippen molar-refractivity contribution in [2.45, 2.75) is 40.2 Å². The summed E-state index contributed by atoms with van der Waals surface area (Å²) in [5, 5.41) is 0.632. The fourth-order valence-electron chi connectivity index (χ4n) is 4.07. The van der Waals surface area contributed by atoms with Crippen LogP contribution in [0.2, 0.25) is 0 Å². The molecule has 1 aromatic heterocycles. The van der Waals surface area contributed by atoms with Crippen molar-refractivity contribution >= 4 is 23.0 Å². The topological polar surface area (TPSA) is 86.0 Å². The molecule has 0 N–H and O–H groups in total. The summed E-state index contributed by atoms with van der Waals surface area (Å²) in [6, 6.07) is 13.1. The van der Waals surface area contributed by atoms with Crippen LogP contribution in [0, 0.1) is 26.7 Å². The number of benzene rings is 2. The van der Waals surface area contributed by atoms with Gasteiger partial charge in [0.15, 0.2) is 0 Å². The Morgan fingerprint density at radius 3 is 2.42 bits per heavy atom. The summed E-state index contributed by atoms with van der Waals surface area (Å²) in [7, 11) is 0. The van der Waals surface area contributed by atoms with Crippen molar-refractivity contribution in [2.75, 3.05) is 13.1 Å². The van der Waals surface area contributed by atoms with Crippen LogP contribution in [0.4, 0.5) is 4.79 Å². The Hall–Kier alpha value is -3.61. The molecular formula is C26H27NO6. The van der Waals surface area contributed by atoms with Crippen LogP contribution in [0.3, 0.4) is 0 Å². The molecule has 2 aromatic carbocycles. The summed E-state index contributed by atoms with van der Waals surface area (Å²) in [5.41, 5.74) is 2.99. The molecule has 0 unspecified atom stereocenters. The van der Waals surface area contributed by atoms with Gasteiger partial charge in [-0.05, 0) is 62.4 Å². The first-order valence-electron chi connectivity index (χ1n) is 11.1. The highest BCUT2D eigenvalue weighted by Gasteiger charge is 2.30. The number of nitrogens with zero attached hydrogens (tertiary/aromatic N) is 1. The Bertz CT molecular complexity index is 1240. The monoisotopic (exact) mass is 449 g/mol. The van der Waals surface area contributed by atoms with Gasteiger partial charge < -0.3 is 18.8 Å². The number of fused-ring (bicyclic) bond motifs is 1. The molecular weight excluding hydrogens is 422 g/mol. The van der Waals surface area contributed by atoms with E-state index in [2.05, 4.69) is 0 Å². The van der Waals surface area contributed by atoms with E-state index in [-0.39, 0.29) is 24.6 Å². The summed E-state index contributed by atoms with van der Waals surface area (Å²) >= 11 is 0. The normalized spacial score (nSPS) is 14.3. The molecule has 2 heterocycles. The number of carbonyl (C=O) groups excluding carboxylic acids is 2. The number of esters is 1. The molecule has 0 aliphatic carbocycles. The molecule has 1 aliphatic rings. The highest BCUT2D eigenvalue weighted by atomic mass is 16.6. The lowest BCUT2D eigenvalue weighted by molar-refractivity contribution is -0.140. The molecule has 7 heteroatoms. The molecule has 172 valence electrons. The van der Waals surface area contributed by atoms with E-state index < -0.39 is 5.63 Å². The molecule has 0 saturated carbocycles. The van der Waals surface area contributed by atoms with Gasteiger partial charge in [-0.25, -0.2) is 9.59 Å². The van der Waals surface area contributed by atoms with Gasteiger partial charge in [0.05, 0.1) is 11.3 Å². The number of likely N-dealkylation sites (tertiary alicyclic amines) is 1. The Morgan fingerprint density at radius 1 is 1.03 bits per heavy atom. The molecule has 4 rings (SSSR count). The van der Waals surface area contributed by atoms with E-state index in [1.54, 1.807) is 24.0 Å². The zero-order valence-corrected chi connectivity index (χ0v) is 19.1. The third-order valence-electron chi connectivity index (χ3n) is 6.16. The number of rotatable bonds is 4. The zero-order chi connectivity index (χ0) is 23.5. The fraction of sp³-hybridized carbons (Fsp3) is 0.346. The minimum atomic E-state index is -0.394. The second-order valence-electron chi connectivity index (χ2n) is 8.50. The van der Waals surface area contributed by atoms with E-state index in [0.29, 0.717) is 48.2 Å². The fourth-order valence-corrected chi connectivity index (χ4v) is 4.07.